The third-order valence-corrected chi connectivity index (χ3v) is 6.35. The van der Waals surface area contributed by atoms with Gasteiger partial charge < -0.3 is 10.1 Å². The molecule has 9 nitrogen and oxygen atoms in total. The largest absolute Gasteiger partial charge is 0.492 e. The van der Waals surface area contributed by atoms with Crippen LogP contribution in [0.3, 0.4) is 0 Å². The number of anilines is 1. The number of amides is 1. The first-order chi connectivity index (χ1) is 15.2. The number of nitrogens with one attached hydrogen (secondary N) is 1. The van der Waals surface area contributed by atoms with Gasteiger partial charge in [-0.25, -0.2) is 8.42 Å². The Hall–Kier alpha value is -3.14. The minimum absolute atomic E-state index is 0.0334. The van der Waals surface area contributed by atoms with Gasteiger partial charge in [-0.1, -0.05) is 39.0 Å². The highest BCUT2D eigenvalue weighted by atomic mass is 32.2. The minimum atomic E-state index is -3.90. The first-order valence-electron chi connectivity index (χ1n) is 10.5. The van der Waals surface area contributed by atoms with E-state index in [0.717, 1.165) is 16.6 Å². The van der Waals surface area contributed by atoms with E-state index in [0.29, 0.717) is 11.3 Å². The Labute approximate surface area is 195 Å². The van der Waals surface area contributed by atoms with Crippen LogP contribution in [0.25, 0.3) is 0 Å². The van der Waals surface area contributed by atoms with Crippen LogP contribution in [0, 0.1) is 17.0 Å². The summed E-state index contributed by atoms with van der Waals surface area (Å²) >= 11 is 0. The van der Waals surface area contributed by atoms with Crippen molar-refractivity contribution in [2.45, 2.75) is 46.1 Å². The van der Waals surface area contributed by atoms with Gasteiger partial charge in [0.2, 0.25) is 15.9 Å². The van der Waals surface area contributed by atoms with E-state index < -0.39 is 26.9 Å². The maximum Gasteiger partial charge on any atom is 0.271 e. The van der Waals surface area contributed by atoms with Crippen molar-refractivity contribution in [3.8, 4) is 5.75 Å². The molecule has 10 heteroatoms. The lowest BCUT2D eigenvalue weighted by atomic mass is 9.87. The number of carbonyl (C=O) groups is 1. The van der Waals surface area contributed by atoms with E-state index >= 15 is 0 Å². The molecule has 0 aliphatic carbocycles. The maximum absolute atomic E-state index is 12.7. The zero-order valence-electron chi connectivity index (χ0n) is 19.8. The molecule has 2 rings (SSSR count). The predicted molar refractivity (Wildman–Crippen MR) is 128 cm³/mol. The highest BCUT2D eigenvalue weighted by Crippen LogP contribution is 2.29. The molecule has 0 aromatic heterocycles. The van der Waals surface area contributed by atoms with Crippen LogP contribution in [0.1, 0.15) is 38.8 Å². The number of hydrogen-bond donors (Lipinski definition) is 1. The average Bonchev–Trinajstić information content (AvgIpc) is 2.71. The average molecular weight is 478 g/mol. The van der Waals surface area contributed by atoms with E-state index in [2.05, 4.69) is 26.1 Å². The van der Waals surface area contributed by atoms with Gasteiger partial charge in [0.15, 0.2) is 0 Å². The molecule has 0 aliphatic heterocycles. The number of aryl methyl sites for hydroxylation is 1. The van der Waals surface area contributed by atoms with Crippen LogP contribution in [0.2, 0.25) is 0 Å². The topological polar surface area (TPSA) is 119 Å². The van der Waals surface area contributed by atoms with Crippen molar-refractivity contribution in [2.24, 2.45) is 0 Å². The lowest BCUT2D eigenvalue weighted by molar-refractivity contribution is -0.384. The Balaban J connectivity index is 2.05. The summed E-state index contributed by atoms with van der Waals surface area (Å²) in [5.74, 6) is 0.119. The fraction of sp³-hybridized carbons (Fsp3) is 0.435. The van der Waals surface area contributed by atoms with Crippen molar-refractivity contribution in [1.82, 2.24) is 5.32 Å². The van der Waals surface area contributed by atoms with E-state index in [-0.39, 0.29) is 29.9 Å². The van der Waals surface area contributed by atoms with Gasteiger partial charge in [0, 0.05) is 12.1 Å². The molecule has 0 aliphatic rings. The number of nitro benzene ring substituents is 1. The van der Waals surface area contributed by atoms with Gasteiger partial charge in [-0.3, -0.25) is 19.2 Å². The number of nitrogens with zero attached hydrogens (tertiary/aromatic N) is 2. The van der Waals surface area contributed by atoms with Crippen LogP contribution in [-0.2, 0) is 20.2 Å². The second-order valence-corrected chi connectivity index (χ2v) is 10.7. The molecule has 0 heterocycles. The summed E-state index contributed by atoms with van der Waals surface area (Å²) in [4.78, 5) is 23.2. The summed E-state index contributed by atoms with van der Waals surface area (Å²) in [5.41, 5.74) is 1.53. The Morgan fingerprint density at radius 1 is 1.18 bits per heavy atom. The number of ether oxygens (including phenoxy) is 1. The van der Waals surface area contributed by atoms with Crippen LogP contribution in [0.15, 0.2) is 42.5 Å². The first kappa shape index (κ1) is 26.1. The van der Waals surface area contributed by atoms with Crippen molar-refractivity contribution in [3.63, 3.8) is 0 Å². The molecule has 0 spiro atoms. The van der Waals surface area contributed by atoms with Crippen LogP contribution in [0.4, 0.5) is 11.4 Å². The van der Waals surface area contributed by atoms with Crippen molar-refractivity contribution in [2.75, 3.05) is 23.7 Å². The third-order valence-electron chi connectivity index (χ3n) is 5.12. The Morgan fingerprint density at radius 3 is 2.30 bits per heavy atom. The molecule has 180 valence electrons. The molecule has 2 aromatic carbocycles. The molecular formula is C23H31N3O6S. The number of benzene rings is 2. The van der Waals surface area contributed by atoms with Crippen LogP contribution >= 0.6 is 0 Å². The van der Waals surface area contributed by atoms with E-state index in [4.69, 9.17) is 4.74 Å². The van der Waals surface area contributed by atoms with Gasteiger partial charge in [0.25, 0.3) is 5.69 Å². The van der Waals surface area contributed by atoms with Crippen LogP contribution in [-0.4, -0.2) is 44.7 Å². The quantitative estimate of drug-likeness (QED) is 0.335. The van der Waals surface area contributed by atoms with Gasteiger partial charge in [-0.2, -0.15) is 0 Å². The molecule has 2 aromatic rings. The van der Waals surface area contributed by atoms with Gasteiger partial charge in [0.1, 0.15) is 18.4 Å². The summed E-state index contributed by atoms with van der Waals surface area (Å²) in [5, 5.41) is 13.8. The van der Waals surface area contributed by atoms with Crippen molar-refractivity contribution in [3.05, 3.63) is 63.7 Å². The number of non-ortho nitro benzene ring substituents is 1. The number of nitro groups is 1. The van der Waals surface area contributed by atoms with Crippen molar-refractivity contribution < 1.29 is 22.9 Å². The molecule has 1 amide bonds. The normalized spacial score (nSPS) is 12.7. The summed E-state index contributed by atoms with van der Waals surface area (Å²) in [6.07, 6.45) is 0.958. The fourth-order valence-corrected chi connectivity index (χ4v) is 4.50. The number of hydrogen-bond acceptors (Lipinski definition) is 6. The van der Waals surface area contributed by atoms with Crippen molar-refractivity contribution in [1.29, 1.82) is 0 Å². The summed E-state index contributed by atoms with van der Waals surface area (Å²) in [6, 6.07) is 10.5. The number of sulfonamides is 1. The predicted octanol–water partition coefficient (Wildman–Crippen LogP) is 3.55. The zero-order valence-corrected chi connectivity index (χ0v) is 20.6. The third kappa shape index (κ3) is 6.92. The number of carbonyl (C=O) groups excluding carboxylic acids is 1. The second kappa shape index (κ2) is 10.2. The lowest BCUT2D eigenvalue weighted by Crippen LogP contribution is -2.48. The summed E-state index contributed by atoms with van der Waals surface area (Å²) in [7, 11) is -3.90. The van der Waals surface area contributed by atoms with E-state index in [1.165, 1.54) is 24.6 Å². The maximum atomic E-state index is 12.7. The molecule has 33 heavy (non-hydrogen) atoms. The number of rotatable bonds is 9. The zero-order chi connectivity index (χ0) is 25.0. The van der Waals surface area contributed by atoms with Gasteiger partial charge in [-0.15, -0.1) is 0 Å². The fourth-order valence-electron chi connectivity index (χ4n) is 3.27. The summed E-state index contributed by atoms with van der Waals surface area (Å²) < 4.78 is 31.5. The Kier molecular flexibility index (Phi) is 8.07. The lowest BCUT2D eigenvalue weighted by Gasteiger charge is -2.29. The molecule has 0 saturated heterocycles. The van der Waals surface area contributed by atoms with Crippen LogP contribution in [0.5, 0.6) is 5.75 Å². The van der Waals surface area contributed by atoms with Gasteiger partial charge in [-0.05, 0) is 42.5 Å². The molecule has 0 saturated carbocycles. The minimum Gasteiger partial charge on any atom is -0.492 e. The van der Waals surface area contributed by atoms with Crippen molar-refractivity contribution >= 4 is 27.3 Å². The standard InChI is InChI=1S/C23H31N3O6S/c1-16-7-10-19(26(28)29)15-21(16)25(33(6,30)31)17(2)22(27)24-13-14-32-20-11-8-18(9-12-20)23(3,4)5/h7-12,15,17H,13-14H2,1-6H3,(H,24,27)/t17-/m1/s1. The SMILES string of the molecule is Cc1ccc([N+](=O)[O-])cc1N([C@H](C)C(=O)NCCOc1ccc(C(C)(C)C)cc1)S(C)(=O)=O. The second-order valence-electron chi connectivity index (χ2n) is 8.88. The molecular weight excluding hydrogens is 446 g/mol. The van der Waals surface area contributed by atoms with E-state index in [1.807, 2.05) is 24.3 Å². The Morgan fingerprint density at radius 2 is 1.79 bits per heavy atom. The molecule has 0 fully saturated rings. The van der Waals surface area contributed by atoms with Gasteiger partial charge in [0.05, 0.1) is 23.4 Å². The smallest absolute Gasteiger partial charge is 0.271 e. The first-order valence-corrected chi connectivity index (χ1v) is 12.3. The van der Waals surface area contributed by atoms with E-state index in [9.17, 15) is 23.3 Å². The molecule has 0 unspecified atom stereocenters. The van der Waals surface area contributed by atoms with Gasteiger partial charge >= 0.3 is 0 Å². The summed E-state index contributed by atoms with van der Waals surface area (Å²) in [6.45, 7) is 9.77. The van der Waals surface area contributed by atoms with E-state index in [1.54, 1.807) is 6.92 Å². The molecule has 1 atom stereocenters. The van der Waals surface area contributed by atoms with Crippen LogP contribution < -0.4 is 14.4 Å². The monoisotopic (exact) mass is 477 g/mol. The molecule has 0 bridgehead atoms. The Bertz CT molecular complexity index is 1110. The highest BCUT2D eigenvalue weighted by molar-refractivity contribution is 7.92. The molecule has 1 N–H and O–H groups in total. The highest BCUT2D eigenvalue weighted by Gasteiger charge is 2.31. The molecule has 0 radical (unpaired) electrons.